The first kappa shape index (κ1) is 14.7. The molecule has 0 aromatic heterocycles. The molecule has 0 fully saturated rings. The highest BCUT2D eigenvalue weighted by Gasteiger charge is 2.23. The lowest BCUT2D eigenvalue weighted by Crippen LogP contribution is -2.10. The number of anilines is 2. The Labute approximate surface area is 110 Å². The zero-order valence-corrected chi connectivity index (χ0v) is 12.0. The Balaban J connectivity index is 3.62. The van der Waals surface area contributed by atoms with Gasteiger partial charge in [-0.2, -0.15) is 0 Å². The van der Waals surface area contributed by atoms with Gasteiger partial charge < -0.3 is 16.6 Å². The molecule has 18 heavy (non-hydrogen) atoms. The summed E-state index contributed by atoms with van der Waals surface area (Å²) in [6.07, 6.45) is 3.74. The largest absolute Gasteiger partial charge is 0.505 e. The monoisotopic (exact) mass is 250 g/mol. The van der Waals surface area contributed by atoms with E-state index in [2.05, 4.69) is 27.7 Å². The molecule has 1 aromatic rings. The highest BCUT2D eigenvalue weighted by atomic mass is 16.3. The molecular weight excluding hydrogens is 224 g/mol. The van der Waals surface area contributed by atoms with E-state index >= 15 is 0 Å². The van der Waals surface area contributed by atoms with Crippen LogP contribution in [-0.2, 0) is 12.8 Å². The Morgan fingerprint density at radius 1 is 0.889 bits per heavy atom. The zero-order chi connectivity index (χ0) is 13.9. The van der Waals surface area contributed by atoms with Crippen molar-refractivity contribution in [2.24, 2.45) is 0 Å². The Bertz CT molecular complexity index is 423. The molecule has 0 heterocycles. The van der Waals surface area contributed by atoms with Crippen molar-refractivity contribution in [2.75, 3.05) is 11.5 Å². The number of hydrogen-bond acceptors (Lipinski definition) is 3. The van der Waals surface area contributed by atoms with Crippen LogP contribution in [0.15, 0.2) is 0 Å². The Kier molecular flexibility index (Phi) is 4.88. The smallest absolute Gasteiger partial charge is 0.144 e. The number of nitrogens with two attached hydrogens (primary N) is 2. The standard InChI is InChI=1S/C15H26N2O/c1-5-9(6-2)12-10(7-3)11(8-4)13(16)14(17)15(12)18/h9,18H,5-8,16-17H2,1-4H3. The average molecular weight is 250 g/mol. The molecule has 0 saturated carbocycles. The third kappa shape index (κ3) is 2.26. The number of hydrogen-bond donors (Lipinski definition) is 3. The van der Waals surface area contributed by atoms with Gasteiger partial charge >= 0.3 is 0 Å². The average Bonchev–Trinajstić information content (AvgIpc) is 2.39. The molecule has 1 rings (SSSR count). The molecule has 0 aliphatic heterocycles. The molecule has 0 bridgehead atoms. The molecule has 0 saturated heterocycles. The Morgan fingerprint density at radius 2 is 1.39 bits per heavy atom. The van der Waals surface area contributed by atoms with Crippen molar-refractivity contribution in [1.29, 1.82) is 0 Å². The second kappa shape index (κ2) is 5.98. The molecule has 3 heteroatoms. The molecule has 0 aliphatic carbocycles. The third-order valence-electron chi connectivity index (χ3n) is 3.92. The van der Waals surface area contributed by atoms with Gasteiger partial charge in [0.05, 0.1) is 11.4 Å². The predicted octanol–water partition coefficient (Wildman–Crippen LogP) is 3.59. The topological polar surface area (TPSA) is 72.3 Å². The fourth-order valence-corrected chi connectivity index (χ4v) is 2.85. The van der Waals surface area contributed by atoms with E-state index in [0.29, 0.717) is 17.3 Å². The molecule has 102 valence electrons. The third-order valence-corrected chi connectivity index (χ3v) is 3.92. The van der Waals surface area contributed by atoms with E-state index in [1.807, 2.05) is 0 Å². The van der Waals surface area contributed by atoms with Gasteiger partial charge in [-0.25, -0.2) is 0 Å². The first-order chi connectivity index (χ1) is 8.53. The lowest BCUT2D eigenvalue weighted by atomic mass is 9.84. The maximum atomic E-state index is 10.3. The van der Waals surface area contributed by atoms with Gasteiger partial charge in [-0.05, 0) is 42.7 Å². The van der Waals surface area contributed by atoms with Crippen LogP contribution in [0.3, 0.4) is 0 Å². The highest BCUT2D eigenvalue weighted by Crippen LogP contribution is 2.43. The van der Waals surface area contributed by atoms with Gasteiger partial charge in [-0.15, -0.1) is 0 Å². The first-order valence-corrected chi connectivity index (χ1v) is 6.94. The van der Waals surface area contributed by atoms with E-state index in [9.17, 15) is 5.11 Å². The summed E-state index contributed by atoms with van der Waals surface area (Å²) in [4.78, 5) is 0. The van der Waals surface area contributed by atoms with Crippen molar-refractivity contribution >= 4 is 11.4 Å². The summed E-state index contributed by atoms with van der Waals surface area (Å²) in [6.45, 7) is 8.48. The molecule has 0 amide bonds. The second-order valence-corrected chi connectivity index (χ2v) is 4.77. The van der Waals surface area contributed by atoms with Crippen molar-refractivity contribution in [3.8, 4) is 5.75 Å². The van der Waals surface area contributed by atoms with Gasteiger partial charge in [0.2, 0.25) is 0 Å². The quantitative estimate of drug-likeness (QED) is 0.552. The summed E-state index contributed by atoms with van der Waals surface area (Å²) < 4.78 is 0. The van der Waals surface area contributed by atoms with Crippen LogP contribution in [0.5, 0.6) is 5.75 Å². The number of rotatable bonds is 5. The summed E-state index contributed by atoms with van der Waals surface area (Å²) >= 11 is 0. The fourth-order valence-electron chi connectivity index (χ4n) is 2.85. The summed E-state index contributed by atoms with van der Waals surface area (Å²) in [5, 5.41) is 10.3. The van der Waals surface area contributed by atoms with Gasteiger partial charge in [0, 0.05) is 5.56 Å². The predicted molar refractivity (Wildman–Crippen MR) is 79.0 cm³/mol. The Hall–Kier alpha value is -1.38. The van der Waals surface area contributed by atoms with Gasteiger partial charge in [0.15, 0.2) is 0 Å². The molecular formula is C15H26N2O. The number of phenolic OH excluding ortho intramolecular Hbond substituents is 1. The van der Waals surface area contributed by atoms with Crippen molar-refractivity contribution in [3.63, 3.8) is 0 Å². The van der Waals surface area contributed by atoms with Crippen LogP contribution in [0.1, 0.15) is 63.1 Å². The van der Waals surface area contributed by atoms with Crippen LogP contribution in [0, 0.1) is 0 Å². The zero-order valence-electron chi connectivity index (χ0n) is 12.0. The fraction of sp³-hybridized carbons (Fsp3) is 0.600. The van der Waals surface area contributed by atoms with E-state index < -0.39 is 0 Å². The van der Waals surface area contributed by atoms with Gasteiger partial charge in [0.1, 0.15) is 5.75 Å². The summed E-state index contributed by atoms with van der Waals surface area (Å²) in [6, 6.07) is 0. The minimum atomic E-state index is 0.204. The first-order valence-electron chi connectivity index (χ1n) is 6.94. The van der Waals surface area contributed by atoms with E-state index in [4.69, 9.17) is 11.5 Å². The maximum Gasteiger partial charge on any atom is 0.144 e. The van der Waals surface area contributed by atoms with Gasteiger partial charge in [-0.1, -0.05) is 27.7 Å². The van der Waals surface area contributed by atoms with Crippen LogP contribution in [-0.4, -0.2) is 5.11 Å². The van der Waals surface area contributed by atoms with Crippen molar-refractivity contribution < 1.29 is 5.11 Å². The minimum absolute atomic E-state index is 0.204. The van der Waals surface area contributed by atoms with Crippen LogP contribution >= 0.6 is 0 Å². The van der Waals surface area contributed by atoms with E-state index in [0.717, 1.165) is 36.8 Å². The normalized spacial score (nSPS) is 11.2. The summed E-state index contributed by atoms with van der Waals surface area (Å²) in [5.41, 5.74) is 16.2. The second-order valence-electron chi connectivity index (χ2n) is 4.77. The summed E-state index contributed by atoms with van der Waals surface area (Å²) in [7, 11) is 0. The maximum absolute atomic E-state index is 10.3. The van der Waals surface area contributed by atoms with E-state index in [1.165, 1.54) is 5.56 Å². The molecule has 0 atom stereocenters. The van der Waals surface area contributed by atoms with Crippen molar-refractivity contribution in [2.45, 2.75) is 59.3 Å². The highest BCUT2D eigenvalue weighted by molar-refractivity contribution is 5.78. The summed E-state index contributed by atoms with van der Waals surface area (Å²) in [5.74, 6) is 0.559. The van der Waals surface area contributed by atoms with E-state index in [-0.39, 0.29) is 5.75 Å². The lowest BCUT2D eigenvalue weighted by molar-refractivity contribution is 0.458. The number of nitrogen functional groups attached to an aromatic ring is 2. The van der Waals surface area contributed by atoms with E-state index in [1.54, 1.807) is 0 Å². The van der Waals surface area contributed by atoms with Crippen molar-refractivity contribution in [3.05, 3.63) is 16.7 Å². The minimum Gasteiger partial charge on any atom is -0.505 e. The lowest BCUT2D eigenvalue weighted by Gasteiger charge is -2.24. The Morgan fingerprint density at radius 3 is 1.78 bits per heavy atom. The molecule has 0 aliphatic rings. The molecule has 3 nitrogen and oxygen atoms in total. The van der Waals surface area contributed by atoms with Crippen LogP contribution < -0.4 is 11.5 Å². The van der Waals surface area contributed by atoms with Crippen LogP contribution in [0.2, 0.25) is 0 Å². The molecule has 0 unspecified atom stereocenters. The van der Waals surface area contributed by atoms with Gasteiger partial charge in [0.25, 0.3) is 0 Å². The molecule has 0 spiro atoms. The number of benzene rings is 1. The van der Waals surface area contributed by atoms with Crippen LogP contribution in [0.25, 0.3) is 0 Å². The molecule has 0 radical (unpaired) electrons. The molecule has 1 aromatic carbocycles. The number of phenols is 1. The van der Waals surface area contributed by atoms with Crippen LogP contribution in [0.4, 0.5) is 11.4 Å². The number of aromatic hydroxyl groups is 1. The van der Waals surface area contributed by atoms with Gasteiger partial charge in [-0.3, -0.25) is 0 Å². The SMILES string of the molecule is CCc1c(N)c(N)c(O)c(C(CC)CC)c1CC. The van der Waals surface area contributed by atoms with Crippen molar-refractivity contribution in [1.82, 2.24) is 0 Å². The molecule has 5 N–H and O–H groups in total.